The fourth-order valence-electron chi connectivity index (χ4n) is 1.79. The van der Waals surface area contributed by atoms with E-state index < -0.39 is 11.6 Å². The third-order valence-corrected chi connectivity index (χ3v) is 3.91. The van der Waals surface area contributed by atoms with Crippen LogP contribution in [0.3, 0.4) is 0 Å². The lowest BCUT2D eigenvalue weighted by Gasteiger charge is -1.98. The van der Waals surface area contributed by atoms with Gasteiger partial charge < -0.3 is 9.73 Å². The number of hydrogen-bond donors (Lipinski definition) is 1. The zero-order valence-electron chi connectivity index (χ0n) is 10.4. The summed E-state index contributed by atoms with van der Waals surface area (Å²) in [6.45, 7) is 0. The highest BCUT2D eigenvalue weighted by atomic mass is 32.2. The average Bonchev–Trinajstić information content (AvgIpc) is 3.01. The Morgan fingerprint density at radius 1 is 1.19 bits per heavy atom. The van der Waals surface area contributed by atoms with Gasteiger partial charge in [0.2, 0.25) is 0 Å². The number of halogens is 2. The first-order chi connectivity index (χ1) is 10.0. The lowest BCUT2D eigenvalue weighted by Crippen LogP contribution is -2.17. The molecule has 0 aliphatic carbocycles. The summed E-state index contributed by atoms with van der Waals surface area (Å²) in [6, 6.07) is 6.76. The Bertz CT molecular complexity index is 783. The molecule has 0 atom stereocenters. The van der Waals surface area contributed by atoms with Gasteiger partial charge in [-0.15, -0.1) is 0 Å². The predicted octanol–water partition coefficient (Wildman–Crippen LogP) is 3.71. The molecule has 2 heterocycles. The first-order valence-corrected chi connectivity index (χ1v) is 7.05. The molecule has 0 bridgehead atoms. The molecule has 1 aliphatic heterocycles. The second-order valence-electron chi connectivity index (χ2n) is 4.18. The predicted molar refractivity (Wildman–Crippen MR) is 80.4 cm³/mol. The molecule has 0 unspecified atom stereocenters. The summed E-state index contributed by atoms with van der Waals surface area (Å²) in [7, 11) is 0. The van der Waals surface area contributed by atoms with Crippen molar-refractivity contribution in [3.8, 4) is 11.3 Å². The van der Waals surface area contributed by atoms with Crippen molar-refractivity contribution in [2.75, 3.05) is 0 Å². The van der Waals surface area contributed by atoms with E-state index in [0.717, 1.165) is 23.9 Å². The number of carbonyl (C=O) groups excluding carboxylic acids is 1. The molecular formula is C14H7F2NO2S2. The fraction of sp³-hybridized carbons (Fsp3) is 0. The maximum atomic E-state index is 13.2. The first kappa shape index (κ1) is 14.0. The Morgan fingerprint density at radius 2 is 2.00 bits per heavy atom. The van der Waals surface area contributed by atoms with Crippen molar-refractivity contribution in [3.63, 3.8) is 0 Å². The van der Waals surface area contributed by atoms with Gasteiger partial charge >= 0.3 is 0 Å². The monoisotopic (exact) mass is 323 g/mol. The molecule has 1 aromatic carbocycles. The maximum Gasteiger partial charge on any atom is 0.263 e. The maximum absolute atomic E-state index is 13.2. The molecule has 3 rings (SSSR count). The van der Waals surface area contributed by atoms with E-state index >= 15 is 0 Å². The van der Waals surface area contributed by atoms with Gasteiger partial charge in [0.15, 0.2) is 11.6 Å². The molecule has 21 heavy (non-hydrogen) atoms. The summed E-state index contributed by atoms with van der Waals surface area (Å²) in [5.41, 5.74) is 0.414. The topological polar surface area (TPSA) is 42.2 Å². The van der Waals surface area contributed by atoms with Gasteiger partial charge in [0.05, 0.1) is 4.91 Å². The molecule has 0 radical (unpaired) electrons. The van der Waals surface area contributed by atoms with Crippen LogP contribution in [-0.4, -0.2) is 10.2 Å². The number of nitrogens with one attached hydrogen (secondary N) is 1. The molecule has 106 valence electrons. The SMILES string of the molecule is O=C1NC(=S)SC1=Cc1ccc(-c2ccc(F)c(F)c2)o1. The van der Waals surface area contributed by atoms with Crippen molar-refractivity contribution in [1.29, 1.82) is 0 Å². The van der Waals surface area contributed by atoms with Crippen molar-refractivity contribution in [1.82, 2.24) is 5.32 Å². The minimum Gasteiger partial charge on any atom is -0.457 e. The van der Waals surface area contributed by atoms with Crippen LogP contribution >= 0.6 is 24.0 Å². The summed E-state index contributed by atoms with van der Waals surface area (Å²) in [5.74, 6) is -1.33. The van der Waals surface area contributed by atoms with Gasteiger partial charge in [-0.05, 0) is 30.3 Å². The number of hydrogen-bond acceptors (Lipinski definition) is 4. The summed E-state index contributed by atoms with van der Waals surface area (Å²) in [4.78, 5) is 11.9. The van der Waals surface area contributed by atoms with Crippen molar-refractivity contribution in [2.45, 2.75) is 0 Å². The summed E-state index contributed by atoms with van der Waals surface area (Å²) < 4.78 is 32.0. The molecular weight excluding hydrogens is 316 g/mol. The van der Waals surface area contributed by atoms with E-state index in [4.69, 9.17) is 16.6 Å². The summed E-state index contributed by atoms with van der Waals surface area (Å²) in [6.07, 6.45) is 1.54. The molecule has 1 saturated heterocycles. The van der Waals surface area contributed by atoms with E-state index in [9.17, 15) is 13.6 Å². The van der Waals surface area contributed by atoms with Crippen molar-refractivity contribution in [2.24, 2.45) is 0 Å². The molecule has 7 heteroatoms. The van der Waals surface area contributed by atoms with E-state index in [0.29, 0.717) is 26.3 Å². The molecule has 1 fully saturated rings. The standard InChI is InChI=1S/C14H7F2NO2S2/c15-9-3-1-7(5-10(9)16)11-4-2-8(19-11)6-12-13(18)17-14(20)21-12/h1-6H,(H,17,18,20). The molecule has 3 nitrogen and oxygen atoms in total. The van der Waals surface area contributed by atoms with Crippen molar-refractivity contribution < 1.29 is 18.0 Å². The Morgan fingerprint density at radius 3 is 2.67 bits per heavy atom. The van der Waals surface area contributed by atoms with Crippen LogP contribution in [0, 0.1) is 11.6 Å². The Kier molecular flexibility index (Phi) is 3.60. The molecule has 2 aromatic rings. The van der Waals surface area contributed by atoms with Crippen LogP contribution in [-0.2, 0) is 4.79 Å². The number of thioether (sulfide) groups is 1. The van der Waals surface area contributed by atoms with Gasteiger partial charge in [-0.1, -0.05) is 24.0 Å². The lowest BCUT2D eigenvalue weighted by molar-refractivity contribution is -0.115. The summed E-state index contributed by atoms with van der Waals surface area (Å²) >= 11 is 6.02. The van der Waals surface area contributed by atoms with Gasteiger partial charge in [0.1, 0.15) is 15.8 Å². The van der Waals surface area contributed by atoms with Crippen LogP contribution in [0.5, 0.6) is 0 Å². The Labute approximate surface area is 128 Å². The van der Waals surface area contributed by atoms with Gasteiger partial charge in [0.25, 0.3) is 5.91 Å². The number of benzene rings is 1. The number of furan rings is 1. The number of carbonyl (C=O) groups is 1. The summed E-state index contributed by atoms with van der Waals surface area (Å²) in [5, 5.41) is 2.49. The lowest BCUT2D eigenvalue weighted by atomic mass is 10.1. The van der Waals surface area contributed by atoms with Crippen molar-refractivity contribution >= 4 is 40.3 Å². The quantitative estimate of drug-likeness (QED) is 0.676. The van der Waals surface area contributed by atoms with Crippen LogP contribution in [0.25, 0.3) is 17.4 Å². The highest BCUT2D eigenvalue weighted by Crippen LogP contribution is 2.29. The normalized spacial score (nSPS) is 16.6. The third kappa shape index (κ3) is 2.88. The highest BCUT2D eigenvalue weighted by Gasteiger charge is 2.22. The zero-order valence-corrected chi connectivity index (χ0v) is 12.0. The fourth-order valence-corrected chi connectivity index (χ4v) is 2.81. The van der Waals surface area contributed by atoms with E-state index in [1.807, 2.05) is 0 Å². The first-order valence-electron chi connectivity index (χ1n) is 5.83. The molecule has 0 spiro atoms. The van der Waals surface area contributed by atoms with Gasteiger partial charge in [-0.3, -0.25) is 4.79 Å². The van der Waals surface area contributed by atoms with Crippen molar-refractivity contribution in [3.05, 3.63) is 52.6 Å². The van der Waals surface area contributed by atoms with E-state index in [1.54, 1.807) is 18.2 Å². The zero-order chi connectivity index (χ0) is 15.0. The van der Waals surface area contributed by atoms with Crippen LogP contribution < -0.4 is 5.32 Å². The van der Waals surface area contributed by atoms with E-state index in [1.165, 1.54) is 6.07 Å². The number of thiocarbonyl (C=S) groups is 1. The van der Waals surface area contributed by atoms with Crippen LogP contribution in [0.4, 0.5) is 8.78 Å². The second kappa shape index (κ2) is 5.42. The molecule has 1 amide bonds. The van der Waals surface area contributed by atoms with Crippen LogP contribution in [0.1, 0.15) is 5.76 Å². The average molecular weight is 323 g/mol. The molecule has 1 aromatic heterocycles. The Hall–Kier alpha value is -1.99. The van der Waals surface area contributed by atoms with Gasteiger partial charge in [-0.2, -0.15) is 0 Å². The second-order valence-corrected chi connectivity index (χ2v) is 5.90. The Balaban J connectivity index is 1.90. The minimum absolute atomic E-state index is 0.282. The molecule has 1 aliphatic rings. The van der Waals surface area contributed by atoms with E-state index in [2.05, 4.69) is 5.32 Å². The van der Waals surface area contributed by atoms with Gasteiger partial charge in [0, 0.05) is 11.6 Å². The van der Waals surface area contributed by atoms with Gasteiger partial charge in [-0.25, -0.2) is 8.78 Å². The third-order valence-electron chi connectivity index (χ3n) is 2.75. The minimum atomic E-state index is -0.945. The highest BCUT2D eigenvalue weighted by molar-refractivity contribution is 8.26. The van der Waals surface area contributed by atoms with Crippen LogP contribution in [0.15, 0.2) is 39.7 Å². The van der Waals surface area contributed by atoms with E-state index in [-0.39, 0.29) is 5.91 Å². The number of amides is 1. The largest absolute Gasteiger partial charge is 0.457 e. The molecule has 1 N–H and O–H groups in total. The molecule has 0 saturated carbocycles. The number of rotatable bonds is 2. The van der Waals surface area contributed by atoms with Crippen LogP contribution in [0.2, 0.25) is 0 Å². The smallest absolute Gasteiger partial charge is 0.263 e.